The molecule has 0 aliphatic carbocycles. The lowest BCUT2D eigenvalue weighted by atomic mass is 10.2. The van der Waals surface area contributed by atoms with Gasteiger partial charge in [0.15, 0.2) is 5.15 Å². The molecule has 7 heteroatoms. The molecule has 2 heterocycles. The van der Waals surface area contributed by atoms with E-state index in [9.17, 15) is 4.79 Å². The normalized spacial score (nSPS) is 11.9. The summed E-state index contributed by atoms with van der Waals surface area (Å²) in [6.07, 6.45) is 2.00. The van der Waals surface area contributed by atoms with Crippen molar-refractivity contribution >= 4 is 34.7 Å². The minimum Gasteiger partial charge on any atom is -0.396 e. The molecule has 0 saturated carbocycles. The summed E-state index contributed by atoms with van der Waals surface area (Å²) in [4.78, 5) is 16.8. The lowest BCUT2D eigenvalue weighted by Gasteiger charge is -2.17. The van der Waals surface area contributed by atoms with Crippen molar-refractivity contribution in [2.24, 2.45) is 0 Å². The second-order valence-electron chi connectivity index (χ2n) is 4.02. The summed E-state index contributed by atoms with van der Waals surface area (Å²) in [5.74, 6) is 0. The molecule has 1 atom stereocenters. The summed E-state index contributed by atoms with van der Waals surface area (Å²) in [5, 5.41) is 16.7. The van der Waals surface area contributed by atoms with Crippen molar-refractivity contribution in [3.8, 4) is 0 Å². The Morgan fingerprint density at radius 2 is 2.30 bits per heavy atom. The van der Waals surface area contributed by atoms with Crippen LogP contribution in [0.2, 0.25) is 5.15 Å². The Morgan fingerprint density at radius 3 is 2.95 bits per heavy atom. The number of nitrogens with zero attached hydrogens (tertiary/aromatic N) is 1. The van der Waals surface area contributed by atoms with Gasteiger partial charge in [-0.15, -0.1) is 11.3 Å². The number of carbonyl (C=O) groups excluding carboxylic acids is 1. The Kier molecular flexibility index (Phi) is 5.34. The van der Waals surface area contributed by atoms with Crippen LogP contribution < -0.4 is 10.6 Å². The molecule has 0 aliphatic heterocycles. The van der Waals surface area contributed by atoms with E-state index in [-0.39, 0.29) is 23.8 Å². The number of aliphatic hydroxyl groups excluding tert-OH is 1. The SMILES string of the molecule is O=C(Nc1cccnc1Cl)N[C@@H](CCO)c1cccs1. The number of urea groups is 1. The molecule has 2 amide bonds. The second kappa shape index (κ2) is 7.23. The number of aromatic nitrogens is 1. The number of carbonyl (C=O) groups is 1. The van der Waals surface area contributed by atoms with Gasteiger partial charge in [0.25, 0.3) is 0 Å². The molecule has 0 aromatic carbocycles. The number of anilines is 1. The summed E-state index contributed by atoms with van der Waals surface area (Å²) >= 11 is 7.40. The van der Waals surface area contributed by atoms with Crippen molar-refractivity contribution in [2.75, 3.05) is 11.9 Å². The Hall–Kier alpha value is -1.63. The zero-order valence-electron chi connectivity index (χ0n) is 10.5. The molecule has 0 fully saturated rings. The van der Waals surface area contributed by atoms with Gasteiger partial charge in [0.05, 0.1) is 11.7 Å². The van der Waals surface area contributed by atoms with Crippen molar-refractivity contribution in [3.63, 3.8) is 0 Å². The standard InChI is InChI=1S/C13H14ClN3O2S/c14-12-10(3-1-6-15-12)17-13(19)16-9(5-7-18)11-4-2-8-20-11/h1-4,6,8-9,18H,5,7H2,(H2,16,17,19)/t9-/m0/s1. The van der Waals surface area contributed by atoms with Crippen LogP contribution in [0.1, 0.15) is 17.3 Å². The molecule has 2 aromatic rings. The van der Waals surface area contributed by atoms with E-state index in [1.807, 2.05) is 17.5 Å². The summed E-state index contributed by atoms with van der Waals surface area (Å²) in [5.41, 5.74) is 0.445. The minimum absolute atomic E-state index is 0.00348. The number of nitrogens with one attached hydrogen (secondary N) is 2. The Balaban J connectivity index is 2.00. The van der Waals surface area contributed by atoms with Gasteiger partial charge in [-0.1, -0.05) is 17.7 Å². The highest BCUT2D eigenvalue weighted by atomic mass is 35.5. The van der Waals surface area contributed by atoms with Crippen molar-refractivity contribution in [1.29, 1.82) is 0 Å². The third-order valence-electron chi connectivity index (χ3n) is 2.62. The number of halogens is 1. The molecule has 2 aromatic heterocycles. The molecule has 3 N–H and O–H groups in total. The summed E-state index contributed by atoms with van der Waals surface area (Å²) in [6, 6.07) is 6.57. The topological polar surface area (TPSA) is 74.2 Å². The van der Waals surface area contributed by atoms with Crippen molar-refractivity contribution < 1.29 is 9.90 Å². The lowest BCUT2D eigenvalue weighted by Crippen LogP contribution is -2.32. The van der Waals surface area contributed by atoms with Gasteiger partial charge in [-0.2, -0.15) is 0 Å². The van der Waals surface area contributed by atoms with Gasteiger partial charge >= 0.3 is 6.03 Å². The van der Waals surface area contributed by atoms with E-state index in [4.69, 9.17) is 16.7 Å². The number of pyridine rings is 1. The first-order chi connectivity index (χ1) is 9.70. The molecule has 2 rings (SSSR count). The number of rotatable bonds is 5. The Morgan fingerprint density at radius 1 is 1.45 bits per heavy atom. The quantitative estimate of drug-likeness (QED) is 0.743. The minimum atomic E-state index is -0.383. The van der Waals surface area contributed by atoms with Gasteiger partial charge in [-0.05, 0) is 30.0 Å². The maximum atomic E-state index is 12.0. The van der Waals surface area contributed by atoms with Crippen LogP contribution in [0.5, 0.6) is 0 Å². The van der Waals surface area contributed by atoms with Crippen molar-refractivity contribution in [2.45, 2.75) is 12.5 Å². The first-order valence-corrected chi connectivity index (χ1v) is 7.28. The molecule has 0 radical (unpaired) electrons. The number of amides is 2. The predicted octanol–water partition coefficient (Wildman–Crippen LogP) is 3.04. The van der Waals surface area contributed by atoms with Crippen LogP contribution in [-0.2, 0) is 0 Å². The van der Waals surface area contributed by atoms with Gasteiger partial charge in [0, 0.05) is 17.7 Å². The van der Waals surface area contributed by atoms with Crippen LogP contribution >= 0.6 is 22.9 Å². The first-order valence-electron chi connectivity index (χ1n) is 6.03. The molecule has 0 spiro atoms. The van der Waals surface area contributed by atoms with Crippen LogP contribution in [0.3, 0.4) is 0 Å². The Labute approximate surface area is 125 Å². The maximum Gasteiger partial charge on any atom is 0.319 e. The molecular formula is C13H14ClN3O2S. The summed E-state index contributed by atoms with van der Waals surface area (Å²) in [7, 11) is 0. The van der Waals surface area contributed by atoms with Gasteiger partial charge in [0.2, 0.25) is 0 Å². The lowest BCUT2D eigenvalue weighted by molar-refractivity contribution is 0.239. The van der Waals surface area contributed by atoms with E-state index in [0.29, 0.717) is 12.1 Å². The summed E-state index contributed by atoms with van der Waals surface area (Å²) < 4.78 is 0. The highest BCUT2D eigenvalue weighted by Crippen LogP contribution is 2.22. The number of aliphatic hydroxyl groups is 1. The van der Waals surface area contributed by atoms with E-state index in [0.717, 1.165) is 4.88 Å². The zero-order chi connectivity index (χ0) is 14.4. The Bertz CT molecular complexity index is 563. The van der Waals surface area contributed by atoms with Crippen LogP contribution in [0.4, 0.5) is 10.5 Å². The third kappa shape index (κ3) is 3.93. The monoisotopic (exact) mass is 311 g/mol. The first kappa shape index (κ1) is 14.8. The fourth-order valence-corrected chi connectivity index (χ4v) is 2.68. The van der Waals surface area contributed by atoms with Gasteiger partial charge in [-0.3, -0.25) is 0 Å². The molecule has 0 bridgehead atoms. The fourth-order valence-electron chi connectivity index (χ4n) is 1.70. The number of hydrogen-bond donors (Lipinski definition) is 3. The smallest absolute Gasteiger partial charge is 0.319 e. The molecular weight excluding hydrogens is 298 g/mol. The van der Waals surface area contributed by atoms with Crippen molar-refractivity contribution in [1.82, 2.24) is 10.3 Å². The largest absolute Gasteiger partial charge is 0.396 e. The predicted molar refractivity (Wildman–Crippen MR) is 80.2 cm³/mol. The highest BCUT2D eigenvalue weighted by molar-refractivity contribution is 7.10. The number of hydrogen-bond acceptors (Lipinski definition) is 4. The van der Waals surface area contributed by atoms with Gasteiger partial charge in [-0.25, -0.2) is 9.78 Å². The van der Waals surface area contributed by atoms with Crippen molar-refractivity contribution in [3.05, 3.63) is 45.9 Å². The second-order valence-corrected chi connectivity index (χ2v) is 5.36. The molecule has 20 heavy (non-hydrogen) atoms. The van der Waals surface area contributed by atoms with Crippen LogP contribution in [0, 0.1) is 0 Å². The molecule has 0 saturated heterocycles. The van der Waals surface area contributed by atoms with E-state index in [1.165, 1.54) is 11.3 Å². The van der Waals surface area contributed by atoms with Crippen LogP contribution in [-0.4, -0.2) is 22.7 Å². The van der Waals surface area contributed by atoms with Gasteiger partial charge < -0.3 is 15.7 Å². The number of thiophene rings is 1. The molecule has 0 unspecified atom stereocenters. The van der Waals surface area contributed by atoms with E-state index < -0.39 is 0 Å². The van der Waals surface area contributed by atoms with Crippen LogP contribution in [0.15, 0.2) is 35.8 Å². The third-order valence-corrected chi connectivity index (χ3v) is 3.90. The molecule has 0 aliphatic rings. The fraction of sp³-hybridized carbons (Fsp3) is 0.231. The van der Waals surface area contributed by atoms with E-state index >= 15 is 0 Å². The molecule has 106 valence electrons. The highest BCUT2D eigenvalue weighted by Gasteiger charge is 2.15. The van der Waals surface area contributed by atoms with E-state index in [2.05, 4.69) is 15.6 Å². The maximum absolute atomic E-state index is 12.0. The average Bonchev–Trinajstić information content (AvgIpc) is 2.95. The average molecular weight is 312 g/mol. The molecule has 5 nitrogen and oxygen atoms in total. The summed E-state index contributed by atoms with van der Waals surface area (Å²) in [6.45, 7) is -0.00348. The zero-order valence-corrected chi connectivity index (χ0v) is 12.1. The van der Waals surface area contributed by atoms with Gasteiger partial charge in [0.1, 0.15) is 0 Å². The van der Waals surface area contributed by atoms with E-state index in [1.54, 1.807) is 18.3 Å². The van der Waals surface area contributed by atoms with Crippen LogP contribution in [0.25, 0.3) is 0 Å².